The van der Waals surface area contributed by atoms with E-state index in [1.54, 1.807) is 0 Å². The van der Waals surface area contributed by atoms with Gasteiger partial charge < -0.3 is 0 Å². The number of anilines is 1. The molecule has 2 aromatic rings. The summed E-state index contributed by atoms with van der Waals surface area (Å²) in [7, 11) is 0. The third-order valence-corrected chi connectivity index (χ3v) is 2.75. The molecule has 2 rings (SSSR count). The number of hydrogen-bond donors (Lipinski definition) is 2. The smallest absolute Gasteiger partial charge is 0.232 e. The van der Waals surface area contributed by atoms with Gasteiger partial charge in [-0.3, -0.25) is 10.1 Å². The minimum atomic E-state index is -0.506. The number of H-pyrrole nitrogens is 1. The van der Waals surface area contributed by atoms with Crippen LogP contribution in [0.1, 0.15) is 19.4 Å². The molecule has 0 fully saturated rings. The summed E-state index contributed by atoms with van der Waals surface area (Å²) < 4.78 is 0. The second-order valence-corrected chi connectivity index (χ2v) is 4.83. The van der Waals surface area contributed by atoms with Crippen LogP contribution in [0.4, 0.5) is 5.95 Å². The van der Waals surface area contributed by atoms with Crippen LogP contribution in [0.15, 0.2) is 36.7 Å². The summed E-state index contributed by atoms with van der Waals surface area (Å²) in [6.07, 6.45) is 2.04. The minimum absolute atomic E-state index is 0.0805. The second kappa shape index (κ2) is 5.00. The number of nitrogens with zero attached hydrogens (tertiary/aromatic N) is 2. The first kappa shape index (κ1) is 12.3. The molecule has 2 N–H and O–H groups in total. The first-order chi connectivity index (χ1) is 8.58. The molecule has 0 radical (unpaired) electrons. The quantitative estimate of drug-likeness (QED) is 0.864. The number of hydrogen-bond acceptors (Lipinski definition) is 3. The number of aromatic amines is 1. The molecule has 18 heavy (non-hydrogen) atoms. The number of carbonyl (C=O) groups is 1. The number of benzene rings is 1. The van der Waals surface area contributed by atoms with E-state index in [1.165, 1.54) is 6.33 Å². The Kier molecular flexibility index (Phi) is 3.41. The Morgan fingerprint density at radius 2 is 2.06 bits per heavy atom. The standard InChI is InChI=1S/C13H16N4O/c1-13(2,8-10-6-4-3-5-7-10)11(18)16-12-14-9-15-17-12/h3-7,9H,8H2,1-2H3,(H2,14,15,16,17,18). The van der Waals surface area contributed by atoms with Crippen LogP contribution in [0.2, 0.25) is 0 Å². The highest BCUT2D eigenvalue weighted by molar-refractivity contribution is 5.93. The average molecular weight is 244 g/mol. The van der Waals surface area contributed by atoms with Gasteiger partial charge in [0, 0.05) is 5.41 Å². The molecule has 1 aromatic heterocycles. The Morgan fingerprint density at radius 3 is 2.67 bits per heavy atom. The molecule has 0 saturated heterocycles. The van der Waals surface area contributed by atoms with Crippen molar-refractivity contribution in [1.82, 2.24) is 15.2 Å². The molecule has 0 atom stereocenters. The first-order valence-corrected chi connectivity index (χ1v) is 5.79. The topological polar surface area (TPSA) is 70.7 Å². The van der Waals surface area contributed by atoms with E-state index in [1.807, 2.05) is 44.2 Å². The van der Waals surface area contributed by atoms with Gasteiger partial charge in [0.1, 0.15) is 6.33 Å². The molecule has 0 saturated carbocycles. The number of rotatable bonds is 4. The normalized spacial score (nSPS) is 11.2. The van der Waals surface area contributed by atoms with Gasteiger partial charge in [-0.25, -0.2) is 5.10 Å². The van der Waals surface area contributed by atoms with Gasteiger partial charge in [-0.15, -0.1) is 0 Å². The van der Waals surface area contributed by atoms with Gasteiger partial charge in [0.2, 0.25) is 11.9 Å². The monoisotopic (exact) mass is 244 g/mol. The van der Waals surface area contributed by atoms with E-state index in [-0.39, 0.29) is 5.91 Å². The molecule has 0 unspecified atom stereocenters. The van der Waals surface area contributed by atoms with Gasteiger partial charge >= 0.3 is 0 Å². The van der Waals surface area contributed by atoms with Gasteiger partial charge in [0.05, 0.1) is 0 Å². The van der Waals surface area contributed by atoms with E-state index in [0.29, 0.717) is 12.4 Å². The van der Waals surface area contributed by atoms with Crippen molar-refractivity contribution in [2.24, 2.45) is 5.41 Å². The minimum Gasteiger partial charge on any atom is -0.294 e. The average Bonchev–Trinajstić information content (AvgIpc) is 2.82. The predicted molar refractivity (Wildman–Crippen MR) is 68.9 cm³/mol. The number of carbonyl (C=O) groups excluding carboxylic acids is 1. The lowest BCUT2D eigenvalue weighted by Gasteiger charge is -2.22. The second-order valence-electron chi connectivity index (χ2n) is 4.83. The highest BCUT2D eigenvalue weighted by Gasteiger charge is 2.28. The Bertz CT molecular complexity index is 505. The lowest BCUT2D eigenvalue weighted by molar-refractivity contribution is -0.124. The number of nitrogens with one attached hydrogen (secondary N) is 2. The molecule has 0 spiro atoms. The van der Waals surface area contributed by atoms with Gasteiger partial charge in [-0.05, 0) is 12.0 Å². The molecule has 5 heteroatoms. The van der Waals surface area contributed by atoms with Crippen molar-refractivity contribution in [2.45, 2.75) is 20.3 Å². The molecule has 0 aliphatic heterocycles. The van der Waals surface area contributed by atoms with Crippen LogP contribution in [0.5, 0.6) is 0 Å². The summed E-state index contributed by atoms with van der Waals surface area (Å²) in [5, 5.41) is 9.02. The van der Waals surface area contributed by atoms with Crippen molar-refractivity contribution in [2.75, 3.05) is 5.32 Å². The largest absolute Gasteiger partial charge is 0.294 e. The fraction of sp³-hybridized carbons (Fsp3) is 0.308. The highest BCUT2D eigenvalue weighted by Crippen LogP contribution is 2.23. The van der Waals surface area contributed by atoms with Crippen molar-refractivity contribution in [3.8, 4) is 0 Å². The van der Waals surface area contributed by atoms with Crippen molar-refractivity contribution in [1.29, 1.82) is 0 Å². The summed E-state index contributed by atoms with van der Waals surface area (Å²) in [5.74, 6) is 0.296. The zero-order valence-corrected chi connectivity index (χ0v) is 10.5. The molecule has 94 valence electrons. The lowest BCUT2D eigenvalue weighted by atomic mass is 9.85. The summed E-state index contributed by atoms with van der Waals surface area (Å²) in [6, 6.07) is 9.94. The highest BCUT2D eigenvalue weighted by atomic mass is 16.2. The van der Waals surface area contributed by atoms with Crippen LogP contribution < -0.4 is 5.32 Å². The maximum atomic E-state index is 12.1. The summed E-state index contributed by atoms with van der Waals surface area (Å²) in [5.41, 5.74) is 0.629. The van der Waals surface area contributed by atoms with Crippen LogP contribution in [-0.2, 0) is 11.2 Å². The van der Waals surface area contributed by atoms with Crippen LogP contribution in [0, 0.1) is 5.41 Å². The van der Waals surface area contributed by atoms with Crippen LogP contribution in [0.25, 0.3) is 0 Å². The Balaban J connectivity index is 2.04. The van der Waals surface area contributed by atoms with E-state index in [2.05, 4.69) is 20.5 Å². The fourth-order valence-corrected chi connectivity index (χ4v) is 1.73. The Labute approximate surface area is 106 Å². The molecule has 5 nitrogen and oxygen atoms in total. The molecular formula is C13H16N4O. The van der Waals surface area contributed by atoms with Crippen molar-refractivity contribution in [3.63, 3.8) is 0 Å². The van der Waals surface area contributed by atoms with Crippen molar-refractivity contribution < 1.29 is 4.79 Å². The van der Waals surface area contributed by atoms with E-state index < -0.39 is 5.41 Å². The summed E-state index contributed by atoms with van der Waals surface area (Å²) in [6.45, 7) is 3.82. The van der Waals surface area contributed by atoms with Crippen LogP contribution in [-0.4, -0.2) is 21.1 Å². The Morgan fingerprint density at radius 1 is 1.33 bits per heavy atom. The molecule has 0 aliphatic carbocycles. The fourth-order valence-electron chi connectivity index (χ4n) is 1.73. The first-order valence-electron chi connectivity index (χ1n) is 5.79. The molecule has 1 heterocycles. The maximum absolute atomic E-state index is 12.1. The van der Waals surface area contributed by atoms with Gasteiger partial charge in [0.15, 0.2) is 0 Å². The third-order valence-electron chi connectivity index (χ3n) is 2.75. The van der Waals surface area contributed by atoms with E-state index in [4.69, 9.17) is 0 Å². The van der Waals surface area contributed by atoms with Crippen molar-refractivity contribution in [3.05, 3.63) is 42.2 Å². The zero-order valence-electron chi connectivity index (χ0n) is 10.5. The molecule has 0 aliphatic rings. The molecule has 1 amide bonds. The van der Waals surface area contributed by atoms with Gasteiger partial charge in [-0.1, -0.05) is 44.2 Å². The van der Waals surface area contributed by atoms with Crippen LogP contribution >= 0.6 is 0 Å². The lowest BCUT2D eigenvalue weighted by Crippen LogP contribution is -2.33. The SMILES string of the molecule is CC(C)(Cc1ccccc1)C(=O)Nc1ncn[nH]1. The molecule has 1 aromatic carbocycles. The summed E-state index contributed by atoms with van der Waals surface area (Å²) >= 11 is 0. The predicted octanol–water partition coefficient (Wildman–Crippen LogP) is 2.01. The maximum Gasteiger partial charge on any atom is 0.232 e. The van der Waals surface area contributed by atoms with Gasteiger partial charge in [-0.2, -0.15) is 10.1 Å². The van der Waals surface area contributed by atoms with Crippen LogP contribution in [0.3, 0.4) is 0 Å². The summed E-state index contributed by atoms with van der Waals surface area (Å²) in [4.78, 5) is 16.0. The van der Waals surface area contributed by atoms with E-state index >= 15 is 0 Å². The zero-order chi connectivity index (χ0) is 13.0. The van der Waals surface area contributed by atoms with E-state index in [0.717, 1.165) is 5.56 Å². The van der Waals surface area contributed by atoms with Crippen molar-refractivity contribution >= 4 is 11.9 Å². The third kappa shape index (κ3) is 2.94. The number of aromatic nitrogens is 3. The molecule has 0 bridgehead atoms. The molecular weight excluding hydrogens is 228 g/mol. The van der Waals surface area contributed by atoms with E-state index in [9.17, 15) is 4.79 Å². The number of amides is 1. The Hall–Kier alpha value is -2.17. The van der Waals surface area contributed by atoms with Gasteiger partial charge in [0.25, 0.3) is 0 Å².